The molecule has 1 N–H and O–H groups in total. The number of nitrogens with one attached hydrogen (secondary N) is 1. The van der Waals surface area contributed by atoms with Crippen LogP contribution in [0.1, 0.15) is 41.0 Å². The molecule has 2 aromatic heterocycles. The lowest BCUT2D eigenvalue weighted by Crippen LogP contribution is -2.41. The molecule has 1 amide bonds. The molecule has 2 aromatic rings. The molecule has 0 aliphatic carbocycles. The Morgan fingerprint density at radius 1 is 1.45 bits per heavy atom. The van der Waals surface area contributed by atoms with Gasteiger partial charge in [-0.3, -0.25) is 4.79 Å². The second-order valence-corrected chi connectivity index (χ2v) is 5.16. The van der Waals surface area contributed by atoms with Gasteiger partial charge in [-0.1, -0.05) is 0 Å². The van der Waals surface area contributed by atoms with Crippen LogP contribution in [0.4, 0.5) is 0 Å². The molecule has 0 spiro atoms. The minimum absolute atomic E-state index is 0.00157. The number of aromatic nitrogens is 5. The second-order valence-electron chi connectivity index (χ2n) is 5.16. The zero-order chi connectivity index (χ0) is 14.1. The largest absolute Gasteiger partial charge is 0.341 e. The van der Waals surface area contributed by atoms with Gasteiger partial charge in [0.15, 0.2) is 0 Å². The number of rotatable bonds is 2. The van der Waals surface area contributed by atoms with E-state index in [1.54, 1.807) is 6.20 Å². The molecule has 0 unspecified atom stereocenters. The fraction of sp³-hybridized carbons (Fsp3) is 0.538. The first-order valence-corrected chi connectivity index (χ1v) is 6.82. The van der Waals surface area contributed by atoms with E-state index >= 15 is 0 Å². The Morgan fingerprint density at radius 2 is 2.30 bits per heavy atom. The topological polar surface area (TPSA) is 79.7 Å². The van der Waals surface area contributed by atoms with Crippen LogP contribution < -0.4 is 0 Å². The molecular weight excluding hydrogens is 256 g/mol. The van der Waals surface area contributed by atoms with Crippen LogP contribution in [-0.4, -0.2) is 48.6 Å². The van der Waals surface area contributed by atoms with Gasteiger partial charge in [-0.15, -0.1) is 0 Å². The van der Waals surface area contributed by atoms with E-state index in [0.717, 1.165) is 31.0 Å². The van der Waals surface area contributed by atoms with Crippen LogP contribution in [0, 0.1) is 13.8 Å². The molecule has 1 aliphatic heterocycles. The highest BCUT2D eigenvalue weighted by molar-refractivity contribution is 5.92. The molecule has 1 saturated heterocycles. The highest BCUT2D eigenvalue weighted by Gasteiger charge is 2.27. The quantitative estimate of drug-likeness (QED) is 0.889. The van der Waals surface area contributed by atoms with Gasteiger partial charge in [0.1, 0.15) is 17.3 Å². The minimum atomic E-state index is 0.00157. The van der Waals surface area contributed by atoms with Gasteiger partial charge in [-0.2, -0.15) is 5.10 Å². The van der Waals surface area contributed by atoms with Crippen molar-refractivity contribution >= 4 is 5.91 Å². The number of carbonyl (C=O) groups is 1. The molecule has 0 radical (unpaired) electrons. The van der Waals surface area contributed by atoms with Crippen LogP contribution in [0.15, 0.2) is 12.5 Å². The van der Waals surface area contributed by atoms with Crippen molar-refractivity contribution in [1.82, 2.24) is 29.6 Å². The van der Waals surface area contributed by atoms with E-state index in [2.05, 4.69) is 20.1 Å². The number of carbonyl (C=O) groups excluding carboxylic acids is 1. The fourth-order valence-electron chi connectivity index (χ4n) is 2.76. The van der Waals surface area contributed by atoms with Gasteiger partial charge in [0, 0.05) is 13.1 Å². The summed E-state index contributed by atoms with van der Waals surface area (Å²) in [7, 11) is 0. The number of hydrogen-bond acceptors (Lipinski definition) is 4. The average Bonchev–Trinajstić information content (AvgIpc) is 3.08. The number of amides is 1. The first kappa shape index (κ1) is 12.8. The summed E-state index contributed by atoms with van der Waals surface area (Å²) in [5.74, 6) is 1.68. The molecule has 20 heavy (non-hydrogen) atoms. The Kier molecular flexibility index (Phi) is 3.25. The van der Waals surface area contributed by atoms with E-state index in [9.17, 15) is 4.79 Å². The molecule has 3 rings (SSSR count). The summed E-state index contributed by atoms with van der Waals surface area (Å²) in [6.07, 6.45) is 5.09. The van der Waals surface area contributed by atoms with Gasteiger partial charge in [-0.25, -0.2) is 14.6 Å². The van der Waals surface area contributed by atoms with Crippen molar-refractivity contribution in [2.24, 2.45) is 0 Å². The number of aromatic amines is 1. The second kappa shape index (κ2) is 5.07. The van der Waals surface area contributed by atoms with Crippen LogP contribution in [0.3, 0.4) is 0 Å². The van der Waals surface area contributed by atoms with E-state index in [4.69, 9.17) is 0 Å². The molecule has 0 saturated carbocycles. The molecule has 0 aromatic carbocycles. The van der Waals surface area contributed by atoms with Gasteiger partial charge in [0.2, 0.25) is 0 Å². The van der Waals surface area contributed by atoms with Crippen LogP contribution in [-0.2, 0) is 0 Å². The highest BCUT2D eigenvalue weighted by Crippen LogP contribution is 2.23. The lowest BCUT2D eigenvalue weighted by Gasteiger charge is -2.32. The smallest absolute Gasteiger partial charge is 0.271 e. The third-order valence-electron chi connectivity index (χ3n) is 3.67. The summed E-state index contributed by atoms with van der Waals surface area (Å²) in [6, 6.07) is 0.205. The predicted octanol–water partition coefficient (Wildman–Crippen LogP) is 1.10. The maximum Gasteiger partial charge on any atom is 0.271 e. The SMILES string of the molecule is Cc1nc(C)n([C@@H]2CCCN(C(=O)c3cnc[nH]3)C2)n1. The Labute approximate surface area is 117 Å². The van der Waals surface area contributed by atoms with E-state index < -0.39 is 0 Å². The third-order valence-corrected chi connectivity index (χ3v) is 3.67. The molecule has 1 atom stereocenters. The van der Waals surface area contributed by atoms with Crippen molar-refractivity contribution < 1.29 is 4.79 Å². The summed E-state index contributed by atoms with van der Waals surface area (Å²) in [4.78, 5) is 25.3. The van der Waals surface area contributed by atoms with Crippen LogP contribution in [0.2, 0.25) is 0 Å². The zero-order valence-electron chi connectivity index (χ0n) is 11.7. The molecule has 1 aliphatic rings. The van der Waals surface area contributed by atoms with Gasteiger partial charge in [0.25, 0.3) is 5.91 Å². The summed E-state index contributed by atoms with van der Waals surface area (Å²) < 4.78 is 1.95. The fourth-order valence-corrected chi connectivity index (χ4v) is 2.76. The third kappa shape index (κ3) is 2.31. The minimum Gasteiger partial charge on any atom is -0.341 e. The number of H-pyrrole nitrogens is 1. The van der Waals surface area contributed by atoms with Crippen LogP contribution in [0.25, 0.3) is 0 Å². The molecule has 7 heteroatoms. The monoisotopic (exact) mass is 274 g/mol. The zero-order valence-corrected chi connectivity index (χ0v) is 11.7. The Morgan fingerprint density at radius 3 is 2.95 bits per heavy atom. The van der Waals surface area contributed by atoms with Crippen molar-refractivity contribution in [2.75, 3.05) is 13.1 Å². The summed E-state index contributed by atoms with van der Waals surface area (Å²) in [6.45, 7) is 5.29. The van der Waals surface area contributed by atoms with Crippen molar-refractivity contribution in [1.29, 1.82) is 0 Å². The van der Waals surface area contributed by atoms with Crippen LogP contribution >= 0.6 is 0 Å². The molecular formula is C13H18N6O. The highest BCUT2D eigenvalue weighted by atomic mass is 16.2. The van der Waals surface area contributed by atoms with Crippen molar-refractivity contribution in [2.45, 2.75) is 32.7 Å². The lowest BCUT2D eigenvalue weighted by molar-refractivity contribution is 0.0666. The lowest BCUT2D eigenvalue weighted by atomic mass is 10.1. The maximum absolute atomic E-state index is 12.3. The van der Waals surface area contributed by atoms with Crippen molar-refractivity contribution in [3.8, 4) is 0 Å². The summed E-state index contributed by atoms with van der Waals surface area (Å²) in [5.41, 5.74) is 0.539. The summed E-state index contributed by atoms with van der Waals surface area (Å²) in [5, 5.41) is 4.44. The van der Waals surface area contributed by atoms with Crippen molar-refractivity contribution in [3.05, 3.63) is 29.9 Å². The molecule has 1 fully saturated rings. The average molecular weight is 274 g/mol. The molecule has 0 bridgehead atoms. The Hall–Kier alpha value is -2.18. The maximum atomic E-state index is 12.3. The first-order valence-electron chi connectivity index (χ1n) is 6.82. The predicted molar refractivity (Wildman–Crippen MR) is 72.3 cm³/mol. The Bertz CT molecular complexity index is 602. The molecule has 3 heterocycles. The molecule has 106 valence electrons. The number of aryl methyl sites for hydroxylation is 2. The number of nitrogens with zero attached hydrogens (tertiary/aromatic N) is 5. The van der Waals surface area contributed by atoms with Crippen LogP contribution in [0.5, 0.6) is 0 Å². The molecule has 7 nitrogen and oxygen atoms in total. The van der Waals surface area contributed by atoms with Gasteiger partial charge >= 0.3 is 0 Å². The van der Waals surface area contributed by atoms with E-state index in [-0.39, 0.29) is 11.9 Å². The van der Waals surface area contributed by atoms with Crippen molar-refractivity contribution in [3.63, 3.8) is 0 Å². The first-order chi connectivity index (χ1) is 9.65. The number of likely N-dealkylation sites (tertiary alicyclic amines) is 1. The van der Waals surface area contributed by atoms with Gasteiger partial charge in [-0.05, 0) is 26.7 Å². The van der Waals surface area contributed by atoms with Gasteiger partial charge < -0.3 is 9.88 Å². The van der Waals surface area contributed by atoms with E-state index in [1.807, 2.05) is 23.4 Å². The van der Waals surface area contributed by atoms with E-state index in [0.29, 0.717) is 12.2 Å². The normalized spacial score (nSPS) is 19.3. The number of imidazole rings is 1. The standard InChI is InChI=1S/C13H18N6O/c1-9-16-10(2)19(17-9)11-4-3-5-18(7-11)13(20)12-6-14-8-15-12/h6,8,11H,3-5,7H2,1-2H3,(H,14,15)/t11-/m1/s1. The summed E-state index contributed by atoms with van der Waals surface area (Å²) >= 11 is 0. The van der Waals surface area contributed by atoms with Gasteiger partial charge in [0.05, 0.1) is 18.6 Å². The number of piperidine rings is 1. The Balaban J connectivity index is 1.77. The van der Waals surface area contributed by atoms with E-state index in [1.165, 1.54) is 6.33 Å². The number of hydrogen-bond donors (Lipinski definition) is 1.